The van der Waals surface area contributed by atoms with Crippen LogP contribution in [0.1, 0.15) is 0 Å². The summed E-state index contributed by atoms with van der Waals surface area (Å²) in [5, 5.41) is 12.7. The van der Waals surface area contributed by atoms with Gasteiger partial charge in [0.1, 0.15) is 0 Å². The van der Waals surface area contributed by atoms with Crippen LogP contribution in [-0.2, 0) is 10.8 Å². The molecule has 1 unspecified atom stereocenters. The fourth-order valence-corrected chi connectivity index (χ4v) is 6.08. The third-order valence-electron chi connectivity index (χ3n) is 4.28. The van der Waals surface area contributed by atoms with Crippen LogP contribution in [0.2, 0.25) is 0 Å². The first-order valence-corrected chi connectivity index (χ1v) is 9.65. The normalized spacial score (nSPS) is 15.6. The number of fused-ring (bicyclic) bond motifs is 6. The molecule has 0 bridgehead atoms. The Morgan fingerprint density at radius 3 is 2.62 bits per heavy atom. The molecule has 6 nitrogen and oxygen atoms in total. The predicted octanol–water partition coefficient (Wildman–Crippen LogP) is 4.32. The van der Waals surface area contributed by atoms with Crippen molar-refractivity contribution in [2.24, 2.45) is 0 Å². The van der Waals surface area contributed by atoms with E-state index in [1.54, 1.807) is 24.5 Å². The van der Waals surface area contributed by atoms with E-state index in [1.807, 2.05) is 24.3 Å². The highest BCUT2D eigenvalue weighted by atomic mass is 32.2. The SMILES string of the molecule is O=[N+]([O-])c1cccc2ncc3c(c12)S(=O)c1cnc2ccccc2c1S3. The largest absolute Gasteiger partial charge is 0.280 e. The number of hydrogen-bond acceptors (Lipinski definition) is 6. The van der Waals surface area contributed by atoms with Crippen LogP contribution >= 0.6 is 11.8 Å². The highest BCUT2D eigenvalue weighted by Gasteiger charge is 2.30. The molecule has 0 amide bonds. The summed E-state index contributed by atoms with van der Waals surface area (Å²) < 4.78 is 13.3. The second-order valence-corrected chi connectivity index (χ2v) is 8.16. The molecule has 2 aromatic carbocycles. The maximum atomic E-state index is 13.3. The summed E-state index contributed by atoms with van der Waals surface area (Å²) in [6.07, 6.45) is 3.24. The average Bonchev–Trinajstić information content (AvgIpc) is 2.67. The van der Waals surface area contributed by atoms with E-state index in [4.69, 9.17) is 0 Å². The van der Waals surface area contributed by atoms with Gasteiger partial charge < -0.3 is 0 Å². The van der Waals surface area contributed by atoms with Crippen LogP contribution < -0.4 is 0 Å². The standard InChI is InChI=1S/C18H9N3O3S2/c22-21(23)13-7-3-6-12-16(13)18-14(8-19-12)25-17-10-4-1-2-5-11(10)20-9-15(17)26(18)24/h1-9H. The lowest BCUT2D eigenvalue weighted by atomic mass is 10.2. The fourth-order valence-electron chi connectivity index (χ4n) is 3.14. The maximum Gasteiger partial charge on any atom is 0.280 e. The van der Waals surface area contributed by atoms with Crippen molar-refractivity contribution in [1.82, 2.24) is 9.97 Å². The van der Waals surface area contributed by atoms with Gasteiger partial charge in [0, 0.05) is 33.6 Å². The zero-order valence-corrected chi connectivity index (χ0v) is 14.7. The molecule has 0 radical (unpaired) electrons. The predicted molar refractivity (Wildman–Crippen MR) is 98.9 cm³/mol. The Morgan fingerprint density at radius 1 is 1.00 bits per heavy atom. The van der Waals surface area contributed by atoms with Crippen molar-refractivity contribution in [2.45, 2.75) is 19.6 Å². The molecule has 0 saturated carbocycles. The second-order valence-electron chi connectivity index (χ2n) is 5.72. The summed E-state index contributed by atoms with van der Waals surface area (Å²) in [6.45, 7) is 0. The molecule has 0 N–H and O–H groups in total. The van der Waals surface area contributed by atoms with Crippen molar-refractivity contribution >= 4 is 50.1 Å². The molecule has 0 spiro atoms. The van der Waals surface area contributed by atoms with Gasteiger partial charge in [-0.05, 0) is 12.1 Å². The van der Waals surface area contributed by atoms with E-state index >= 15 is 0 Å². The lowest BCUT2D eigenvalue weighted by molar-refractivity contribution is -0.383. The summed E-state index contributed by atoms with van der Waals surface area (Å²) in [6, 6.07) is 12.3. The van der Waals surface area contributed by atoms with Gasteiger partial charge in [0.25, 0.3) is 5.69 Å². The number of hydrogen-bond donors (Lipinski definition) is 0. The molecular formula is C18H9N3O3S2. The third-order valence-corrected chi connectivity index (χ3v) is 7.22. The van der Waals surface area contributed by atoms with Crippen LogP contribution in [0.5, 0.6) is 0 Å². The Labute approximate surface area is 153 Å². The van der Waals surface area contributed by atoms with Crippen molar-refractivity contribution in [3.05, 3.63) is 65.0 Å². The summed E-state index contributed by atoms with van der Waals surface area (Å²) in [5.41, 5.74) is 1.20. The van der Waals surface area contributed by atoms with E-state index < -0.39 is 15.7 Å². The molecule has 3 heterocycles. The van der Waals surface area contributed by atoms with Gasteiger partial charge in [-0.15, -0.1) is 0 Å². The van der Waals surface area contributed by atoms with E-state index in [2.05, 4.69) is 9.97 Å². The Bertz CT molecular complexity index is 1270. The van der Waals surface area contributed by atoms with E-state index in [-0.39, 0.29) is 5.69 Å². The molecule has 1 aliphatic rings. The minimum atomic E-state index is -1.58. The molecule has 4 aromatic rings. The Kier molecular flexibility index (Phi) is 3.31. The number of benzene rings is 2. The average molecular weight is 379 g/mol. The van der Waals surface area contributed by atoms with Crippen molar-refractivity contribution in [2.75, 3.05) is 0 Å². The minimum Gasteiger partial charge on any atom is -0.258 e. The molecule has 1 atom stereocenters. The summed E-state index contributed by atoms with van der Waals surface area (Å²) in [7, 11) is -1.58. The first kappa shape index (κ1) is 15.4. The van der Waals surface area contributed by atoms with E-state index in [0.29, 0.717) is 25.6 Å². The van der Waals surface area contributed by atoms with Crippen LogP contribution in [0.3, 0.4) is 0 Å². The third kappa shape index (κ3) is 2.09. The molecule has 8 heteroatoms. The fraction of sp³-hybridized carbons (Fsp3) is 0. The Balaban J connectivity index is 1.86. The lowest BCUT2D eigenvalue weighted by Crippen LogP contribution is -2.06. The first-order chi connectivity index (χ1) is 12.6. The molecule has 5 rings (SSSR count). The molecule has 0 fully saturated rings. The lowest BCUT2D eigenvalue weighted by Gasteiger charge is -2.20. The summed E-state index contributed by atoms with van der Waals surface area (Å²) >= 11 is 1.43. The van der Waals surface area contributed by atoms with Gasteiger partial charge in [0.2, 0.25) is 0 Å². The summed E-state index contributed by atoms with van der Waals surface area (Å²) in [5.74, 6) is 0. The highest BCUT2D eigenvalue weighted by molar-refractivity contribution is 8.01. The number of nitro benzene ring substituents is 1. The van der Waals surface area contributed by atoms with Gasteiger partial charge >= 0.3 is 0 Å². The van der Waals surface area contributed by atoms with Crippen molar-refractivity contribution in [1.29, 1.82) is 0 Å². The van der Waals surface area contributed by atoms with Crippen molar-refractivity contribution < 1.29 is 9.13 Å². The molecular weight excluding hydrogens is 370 g/mol. The van der Waals surface area contributed by atoms with Gasteiger partial charge in [-0.25, -0.2) is 4.21 Å². The molecule has 0 aliphatic carbocycles. The maximum absolute atomic E-state index is 13.3. The van der Waals surface area contributed by atoms with Gasteiger partial charge in [0.05, 0.1) is 41.9 Å². The van der Waals surface area contributed by atoms with Crippen LogP contribution in [0.4, 0.5) is 5.69 Å². The number of aromatic nitrogens is 2. The van der Waals surface area contributed by atoms with Crippen molar-refractivity contribution in [3.8, 4) is 0 Å². The molecule has 0 saturated heterocycles. The highest BCUT2D eigenvalue weighted by Crippen LogP contribution is 2.48. The van der Waals surface area contributed by atoms with E-state index in [0.717, 1.165) is 15.8 Å². The number of non-ortho nitro benzene ring substituents is 1. The molecule has 126 valence electrons. The Hall–Kier alpha value is -2.84. The van der Waals surface area contributed by atoms with E-state index in [9.17, 15) is 14.3 Å². The number of rotatable bonds is 1. The van der Waals surface area contributed by atoms with Gasteiger partial charge in [0.15, 0.2) is 0 Å². The quantitative estimate of drug-likeness (QED) is 0.318. The van der Waals surface area contributed by atoms with Crippen LogP contribution in [0.25, 0.3) is 21.8 Å². The first-order valence-electron chi connectivity index (χ1n) is 7.68. The smallest absolute Gasteiger partial charge is 0.258 e. The monoisotopic (exact) mass is 379 g/mol. The number of pyridine rings is 2. The molecule has 2 aromatic heterocycles. The molecule has 26 heavy (non-hydrogen) atoms. The minimum absolute atomic E-state index is 0.0852. The summed E-state index contributed by atoms with van der Waals surface area (Å²) in [4.78, 5) is 22.3. The molecule has 1 aliphatic heterocycles. The topological polar surface area (TPSA) is 86.0 Å². The van der Waals surface area contributed by atoms with Crippen LogP contribution in [0.15, 0.2) is 74.4 Å². The Morgan fingerprint density at radius 2 is 1.77 bits per heavy atom. The van der Waals surface area contributed by atoms with Gasteiger partial charge in [-0.3, -0.25) is 20.1 Å². The van der Waals surface area contributed by atoms with Crippen molar-refractivity contribution in [3.63, 3.8) is 0 Å². The number of nitrogens with zero attached hydrogens (tertiary/aromatic N) is 3. The second kappa shape index (κ2) is 5.58. The van der Waals surface area contributed by atoms with E-state index in [1.165, 1.54) is 17.8 Å². The zero-order chi connectivity index (χ0) is 17.8. The number of para-hydroxylation sites is 1. The number of nitro groups is 1. The van der Waals surface area contributed by atoms with Crippen LogP contribution in [0, 0.1) is 10.1 Å². The van der Waals surface area contributed by atoms with Gasteiger partial charge in [-0.1, -0.05) is 36.0 Å². The zero-order valence-electron chi connectivity index (χ0n) is 13.1. The van der Waals surface area contributed by atoms with Crippen LogP contribution in [-0.4, -0.2) is 19.1 Å². The van der Waals surface area contributed by atoms with Gasteiger partial charge in [-0.2, -0.15) is 0 Å².